The van der Waals surface area contributed by atoms with Crippen LogP contribution in [0.2, 0.25) is 0 Å². The van der Waals surface area contributed by atoms with Crippen LogP contribution in [0.25, 0.3) is 0 Å². The lowest BCUT2D eigenvalue weighted by Crippen LogP contribution is -2.30. The molecule has 0 saturated heterocycles. The Balaban J connectivity index is 4.51. The standard InChI is InChI=1S/C71H114O6/c1-4-7-10-13-16-19-22-25-28-31-33-34-35-36-38-40-43-46-49-52-55-58-61-64-70(73)76-67-68(66-75-69(72)63-60-57-54-51-48-45-42-39-30-27-24-21-18-15-12-9-6-3)77-71(74)65-62-59-56-53-50-47-44-41-37-32-29-26-23-20-17-14-11-8-5-2/h8-9,11-12,17-18,20-22,25-27,29-31,33,35-37,41-42,45,47,50,68H,4-7,10,13-16,19,23-24,28,32,34,38-40,43-44,46,48-49,51-67H2,1-3H3/b11-8-,12-9-,20-17-,21-18-,25-22-,29-26-,30-27-,33-31-,36-35-,41-37-,45-42-,50-47-. The van der Waals surface area contributed by atoms with Crippen LogP contribution in [0, 0.1) is 0 Å². The number of esters is 3. The third-order valence-electron chi connectivity index (χ3n) is 12.8. The van der Waals surface area contributed by atoms with Crippen molar-refractivity contribution in [1.29, 1.82) is 0 Å². The van der Waals surface area contributed by atoms with Crippen LogP contribution in [0.5, 0.6) is 0 Å². The summed E-state index contributed by atoms with van der Waals surface area (Å²) < 4.78 is 16.9. The Hall–Kier alpha value is -4.71. The SMILES string of the molecule is CC/C=C\C/C=C\C/C=C\C/C=C\C/C=C\CCCCCC(=O)OC(COC(=O)CCCCCC/C=C\C/C=C\C/C=C\C/C=C\CC)COC(=O)CCCCCCCCCC/C=C\C/C=C\C/C=C\CCCCCCC. The maximum Gasteiger partial charge on any atom is 0.306 e. The second-order valence-corrected chi connectivity index (χ2v) is 20.2. The van der Waals surface area contributed by atoms with Gasteiger partial charge in [0, 0.05) is 19.3 Å². The molecule has 0 amide bonds. The fourth-order valence-electron chi connectivity index (χ4n) is 8.17. The molecule has 434 valence electrons. The van der Waals surface area contributed by atoms with Crippen LogP contribution in [-0.4, -0.2) is 37.2 Å². The number of hydrogen-bond donors (Lipinski definition) is 0. The highest BCUT2D eigenvalue weighted by atomic mass is 16.6. The van der Waals surface area contributed by atoms with Gasteiger partial charge in [-0.25, -0.2) is 0 Å². The molecular weight excluding hydrogens is 949 g/mol. The molecule has 0 rings (SSSR count). The smallest absolute Gasteiger partial charge is 0.306 e. The number of carbonyl (C=O) groups is 3. The van der Waals surface area contributed by atoms with Gasteiger partial charge in [0.1, 0.15) is 13.2 Å². The van der Waals surface area contributed by atoms with Gasteiger partial charge >= 0.3 is 17.9 Å². The van der Waals surface area contributed by atoms with Crippen LogP contribution in [0.3, 0.4) is 0 Å². The second-order valence-electron chi connectivity index (χ2n) is 20.2. The summed E-state index contributed by atoms with van der Waals surface area (Å²) in [7, 11) is 0. The van der Waals surface area contributed by atoms with E-state index in [9.17, 15) is 14.4 Å². The largest absolute Gasteiger partial charge is 0.462 e. The molecule has 0 saturated carbocycles. The van der Waals surface area contributed by atoms with Crippen LogP contribution >= 0.6 is 0 Å². The van der Waals surface area contributed by atoms with Crippen molar-refractivity contribution >= 4 is 17.9 Å². The number of allylic oxidation sites excluding steroid dienone is 24. The summed E-state index contributed by atoms with van der Waals surface area (Å²) in [6, 6.07) is 0. The topological polar surface area (TPSA) is 78.9 Å². The molecule has 0 aromatic rings. The Morgan fingerprint density at radius 3 is 0.805 bits per heavy atom. The Kier molecular flexibility index (Phi) is 59.9. The van der Waals surface area contributed by atoms with Gasteiger partial charge in [-0.1, -0.05) is 250 Å². The molecule has 0 aromatic carbocycles. The average Bonchev–Trinajstić information content (AvgIpc) is 3.43. The summed E-state index contributed by atoms with van der Waals surface area (Å²) in [4.78, 5) is 38.3. The maximum atomic E-state index is 12.9. The Morgan fingerprint density at radius 2 is 0.506 bits per heavy atom. The van der Waals surface area contributed by atoms with Gasteiger partial charge in [0.2, 0.25) is 0 Å². The summed E-state index contributed by atoms with van der Waals surface area (Å²) in [5.74, 6) is -0.974. The lowest BCUT2D eigenvalue weighted by Gasteiger charge is -2.18. The molecule has 0 aliphatic heterocycles. The van der Waals surface area contributed by atoms with Crippen molar-refractivity contribution in [3.63, 3.8) is 0 Å². The van der Waals surface area contributed by atoms with Crippen molar-refractivity contribution in [3.05, 3.63) is 146 Å². The van der Waals surface area contributed by atoms with E-state index in [-0.39, 0.29) is 37.5 Å². The molecule has 6 nitrogen and oxygen atoms in total. The molecule has 0 N–H and O–H groups in total. The van der Waals surface area contributed by atoms with Gasteiger partial charge in [-0.3, -0.25) is 14.4 Å². The van der Waals surface area contributed by atoms with E-state index in [1.165, 1.54) is 70.6 Å². The van der Waals surface area contributed by atoms with Crippen LogP contribution in [0.1, 0.15) is 265 Å². The number of unbranched alkanes of at least 4 members (excludes halogenated alkanes) is 20. The second kappa shape index (κ2) is 63.8. The lowest BCUT2D eigenvalue weighted by atomic mass is 10.1. The van der Waals surface area contributed by atoms with Crippen molar-refractivity contribution < 1.29 is 28.6 Å². The highest BCUT2D eigenvalue weighted by Gasteiger charge is 2.19. The van der Waals surface area contributed by atoms with Crippen molar-refractivity contribution in [3.8, 4) is 0 Å². The molecule has 0 heterocycles. The molecule has 0 radical (unpaired) electrons. The van der Waals surface area contributed by atoms with Gasteiger partial charge in [-0.15, -0.1) is 0 Å². The first-order chi connectivity index (χ1) is 38.0. The predicted molar refractivity (Wildman–Crippen MR) is 334 cm³/mol. The number of rotatable bonds is 55. The van der Waals surface area contributed by atoms with E-state index in [1.54, 1.807) is 0 Å². The van der Waals surface area contributed by atoms with Gasteiger partial charge in [0.25, 0.3) is 0 Å². The van der Waals surface area contributed by atoms with Gasteiger partial charge in [0.15, 0.2) is 6.10 Å². The van der Waals surface area contributed by atoms with Crippen molar-refractivity contribution in [2.75, 3.05) is 13.2 Å². The van der Waals surface area contributed by atoms with E-state index in [0.29, 0.717) is 19.3 Å². The number of hydrogen-bond acceptors (Lipinski definition) is 6. The first kappa shape index (κ1) is 72.3. The van der Waals surface area contributed by atoms with E-state index in [0.717, 1.165) is 148 Å². The highest BCUT2D eigenvalue weighted by molar-refractivity contribution is 5.71. The quantitative estimate of drug-likeness (QED) is 0.0261. The highest BCUT2D eigenvalue weighted by Crippen LogP contribution is 2.14. The molecule has 0 fully saturated rings. The minimum Gasteiger partial charge on any atom is -0.462 e. The van der Waals surface area contributed by atoms with Gasteiger partial charge in [0.05, 0.1) is 0 Å². The van der Waals surface area contributed by atoms with Crippen molar-refractivity contribution in [2.45, 2.75) is 271 Å². The molecule has 1 unspecified atom stereocenters. The number of carbonyl (C=O) groups excluding carboxylic acids is 3. The normalized spacial score (nSPS) is 13.1. The zero-order valence-electron chi connectivity index (χ0n) is 49.7. The van der Waals surface area contributed by atoms with Crippen LogP contribution < -0.4 is 0 Å². The van der Waals surface area contributed by atoms with E-state index in [4.69, 9.17) is 14.2 Å². The lowest BCUT2D eigenvalue weighted by molar-refractivity contribution is -0.167. The van der Waals surface area contributed by atoms with E-state index in [2.05, 4.69) is 167 Å². The minimum atomic E-state index is -0.817. The first-order valence-electron chi connectivity index (χ1n) is 31.3. The van der Waals surface area contributed by atoms with Gasteiger partial charge in [-0.2, -0.15) is 0 Å². The summed E-state index contributed by atoms with van der Waals surface area (Å²) in [5, 5.41) is 0. The zero-order valence-corrected chi connectivity index (χ0v) is 49.7. The summed E-state index contributed by atoms with van der Waals surface area (Å²) >= 11 is 0. The molecular formula is C71H114O6. The Morgan fingerprint density at radius 1 is 0.273 bits per heavy atom. The summed E-state index contributed by atoms with van der Waals surface area (Å²) in [6.07, 6.45) is 91.3. The maximum absolute atomic E-state index is 12.9. The van der Waals surface area contributed by atoms with Crippen molar-refractivity contribution in [1.82, 2.24) is 0 Å². The van der Waals surface area contributed by atoms with Gasteiger partial charge < -0.3 is 14.2 Å². The third kappa shape index (κ3) is 62.0. The summed E-state index contributed by atoms with van der Waals surface area (Å²) in [6.45, 7) is 6.35. The molecule has 77 heavy (non-hydrogen) atoms. The fourth-order valence-corrected chi connectivity index (χ4v) is 8.17. The number of ether oxygens (including phenoxy) is 3. The van der Waals surface area contributed by atoms with E-state index < -0.39 is 6.10 Å². The molecule has 0 aliphatic carbocycles. The Bertz CT molecular complexity index is 1700. The molecule has 0 bridgehead atoms. The minimum absolute atomic E-state index is 0.109. The first-order valence-corrected chi connectivity index (χ1v) is 31.3. The summed E-state index contributed by atoms with van der Waals surface area (Å²) in [5.41, 5.74) is 0. The molecule has 0 spiro atoms. The van der Waals surface area contributed by atoms with Crippen molar-refractivity contribution in [2.24, 2.45) is 0 Å². The third-order valence-corrected chi connectivity index (χ3v) is 12.8. The average molecular weight is 1060 g/mol. The van der Waals surface area contributed by atoms with E-state index >= 15 is 0 Å². The van der Waals surface area contributed by atoms with E-state index in [1.807, 2.05) is 0 Å². The van der Waals surface area contributed by atoms with Crippen LogP contribution in [0.15, 0.2) is 146 Å². The Labute approximate surface area is 474 Å². The molecule has 6 heteroatoms. The van der Waals surface area contributed by atoms with Crippen LogP contribution in [0.4, 0.5) is 0 Å². The molecule has 0 aliphatic rings. The zero-order chi connectivity index (χ0) is 55.7. The molecule has 0 aromatic heterocycles. The van der Waals surface area contributed by atoms with Crippen LogP contribution in [-0.2, 0) is 28.6 Å². The predicted octanol–water partition coefficient (Wildman–Crippen LogP) is 21.5. The van der Waals surface area contributed by atoms with Gasteiger partial charge in [-0.05, 0) is 141 Å². The fraction of sp³-hybridized carbons (Fsp3) is 0.620. The monoisotopic (exact) mass is 1060 g/mol. The molecule has 1 atom stereocenters.